The molecule has 0 fully saturated rings. The minimum atomic E-state index is -0.528. The molecule has 0 aromatic heterocycles. The highest BCUT2D eigenvalue weighted by Crippen LogP contribution is 2.21. The van der Waals surface area contributed by atoms with Crippen LogP contribution in [0.25, 0.3) is 0 Å². The number of benzene rings is 2. The van der Waals surface area contributed by atoms with Gasteiger partial charge in [0.1, 0.15) is 5.82 Å². The summed E-state index contributed by atoms with van der Waals surface area (Å²) in [6, 6.07) is 10.8. The first kappa shape index (κ1) is 16.6. The highest BCUT2D eigenvalue weighted by Gasteiger charge is 2.13. The van der Waals surface area contributed by atoms with Crippen LogP contribution in [0.3, 0.4) is 0 Å². The van der Waals surface area contributed by atoms with Crippen LogP contribution in [0.2, 0.25) is 10.0 Å². The third-order valence-corrected chi connectivity index (χ3v) is 3.71. The van der Waals surface area contributed by atoms with Crippen LogP contribution < -0.4 is 10.6 Å². The zero-order valence-electron chi connectivity index (χ0n) is 11.9. The predicted molar refractivity (Wildman–Crippen MR) is 88.0 cm³/mol. The van der Waals surface area contributed by atoms with E-state index in [2.05, 4.69) is 10.6 Å². The molecule has 0 heterocycles. The standard InChI is InChI=1S/C16H15Cl2FN2O/c1-2-15(10-3-5-11(17)6-4-10)21-16(22)20-12-7-8-14(19)13(18)9-12/h3-9,15H,2H2,1H3,(H2,20,21,22)/t15-/m1/s1. The zero-order chi connectivity index (χ0) is 16.1. The van der Waals surface area contributed by atoms with Gasteiger partial charge in [0, 0.05) is 10.7 Å². The number of anilines is 1. The SMILES string of the molecule is CC[C@@H](NC(=O)Nc1ccc(F)c(Cl)c1)c1ccc(Cl)cc1. The van der Waals surface area contributed by atoms with Gasteiger partial charge in [0.15, 0.2) is 0 Å². The van der Waals surface area contributed by atoms with Gasteiger partial charge in [0.2, 0.25) is 0 Å². The Hall–Kier alpha value is -1.78. The maximum atomic E-state index is 13.1. The van der Waals surface area contributed by atoms with Gasteiger partial charge in [-0.2, -0.15) is 0 Å². The van der Waals surface area contributed by atoms with E-state index in [0.29, 0.717) is 10.7 Å². The molecule has 0 unspecified atom stereocenters. The van der Waals surface area contributed by atoms with Gasteiger partial charge >= 0.3 is 6.03 Å². The Labute approximate surface area is 138 Å². The zero-order valence-corrected chi connectivity index (χ0v) is 13.4. The molecule has 22 heavy (non-hydrogen) atoms. The summed E-state index contributed by atoms with van der Waals surface area (Å²) < 4.78 is 13.1. The first-order valence-corrected chi connectivity index (χ1v) is 7.53. The Kier molecular flexibility index (Phi) is 5.63. The number of carbonyl (C=O) groups excluding carboxylic acids is 1. The summed E-state index contributed by atoms with van der Waals surface area (Å²) in [4.78, 5) is 12.0. The van der Waals surface area contributed by atoms with Crippen molar-refractivity contribution in [1.82, 2.24) is 5.32 Å². The van der Waals surface area contributed by atoms with Crippen molar-refractivity contribution >= 4 is 34.9 Å². The molecule has 0 radical (unpaired) electrons. The first-order chi connectivity index (χ1) is 10.5. The monoisotopic (exact) mass is 340 g/mol. The highest BCUT2D eigenvalue weighted by atomic mass is 35.5. The maximum Gasteiger partial charge on any atom is 0.319 e. The van der Waals surface area contributed by atoms with Crippen molar-refractivity contribution in [2.24, 2.45) is 0 Å². The first-order valence-electron chi connectivity index (χ1n) is 6.77. The normalized spacial score (nSPS) is 11.8. The molecule has 2 N–H and O–H groups in total. The lowest BCUT2D eigenvalue weighted by Crippen LogP contribution is -2.32. The fraction of sp³-hybridized carbons (Fsp3) is 0.188. The van der Waals surface area contributed by atoms with E-state index in [-0.39, 0.29) is 17.1 Å². The lowest BCUT2D eigenvalue weighted by molar-refractivity contribution is 0.248. The van der Waals surface area contributed by atoms with E-state index in [0.717, 1.165) is 12.0 Å². The van der Waals surface area contributed by atoms with Gasteiger partial charge in [-0.05, 0) is 42.3 Å². The number of hydrogen-bond acceptors (Lipinski definition) is 1. The van der Waals surface area contributed by atoms with Crippen LogP contribution in [0.5, 0.6) is 0 Å². The van der Waals surface area contributed by atoms with Crippen LogP contribution in [0.4, 0.5) is 14.9 Å². The molecular formula is C16H15Cl2FN2O. The van der Waals surface area contributed by atoms with Crippen molar-refractivity contribution in [2.45, 2.75) is 19.4 Å². The van der Waals surface area contributed by atoms with E-state index in [9.17, 15) is 9.18 Å². The van der Waals surface area contributed by atoms with Crippen molar-refractivity contribution in [3.8, 4) is 0 Å². The van der Waals surface area contributed by atoms with Crippen molar-refractivity contribution in [3.05, 3.63) is 63.9 Å². The molecule has 2 aromatic rings. The largest absolute Gasteiger partial charge is 0.331 e. The predicted octanol–water partition coefficient (Wildman–Crippen LogP) is 5.41. The Morgan fingerprint density at radius 3 is 2.45 bits per heavy atom. The molecule has 0 aliphatic rings. The van der Waals surface area contributed by atoms with Crippen molar-refractivity contribution < 1.29 is 9.18 Å². The second kappa shape index (κ2) is 7.47. The summed E-state index contributed by atoms with van der Waals surface area (Å²) in [7, 11) is 0. The maximum absolute atomic E-state index is 13.1. The molecule has 0 bridgehead atoms. The Balaban J connectivity index is 2.02. The van der Waals surface area contributed by atoms with Crippen LogP contribution in [-0.2, 0) is 0 Å². The second-order valence-corrected chi connectivity index (χ2v) is 5.58. The molecule has 2 amide bonds. The molecule has 0 spiro atoms. The molecule has 116 valence electrons. The third-order valence-electron chi connectivity index (χ3n) is 3.16. The Morgan fingerprint density at radius 2 is 1.86 bits per heavy atom. The fourth-order valence-corrected chi connectivity index (χ4v) is 2.32. The number of rotatable bonds is 4. The van der Waals surface area contributed by atoms with Gasteiger partial charge in [-0.3, -0.25) is 0 Å². The van der Waals surface area contributed by atoms with Crippen molar-refractivity contribution in [3.63, 3.8) is 0 Å². The lowest BCUT2D eigenvalue weighted by atomic mass is 10.1. The molecule has 2 rings (SSSR count). The van der Waals surface area contributed by atoms with Crippen LogP contribution in [-0.4, -0.2) is 6.03 Å². The molecule has 0 aliphatic carbocycles. The quantitative estimate of drug-likeness (QED) is 0.767. The Morgan fingerprint density at radius 1 is 1.18 bits per heavy atom. The van der Waals surface area contributed by atoms with Crippen LogP contribution in [0.15, 0.2) is 42.5 Å². The van der Waals surface area contributed by atoms with Gasteiger partial charge in [0.25, 0.3) is 0 Å². The summed E-state index contributed by atoms with van der Waals surface area (Å²) in [6.45, 7) is 1.97. The van der Waals surface area contributed by atoms with E-state index in [1.807, 2.05) is 19.1 Å². The van der Waals surface area contributed by atoms with E-state index in [4.69, 9.17) is 23.2 Å². The number of halogens is 3. The van der Waals surface area contributed by atoms with Gasteiger partial charge in [-0.1, -0.05) is 42.3 Å². The summed E-state index contributed by atoms with van der Waals surface area (Å²) in [5, 5.41) is 6.09. The Bertz CT molecular complexity index is 662. The summed E-state index contributed by atoms with van der Waals surface area (Å²) in [6.07, 6.45) is 0.721. The summed E-state index contributed by atoms with van der Waals surface area (Å²) >= 11 is 11.5. The van der Waals surface area contributed by atoms with E-state index < -0.39 is 5.82 Å². The summed E-state index contributed by atoms with van der Waals surface area (Å²) in [5.74, 6) is -0.528. The molecular weight excluding hydrogens is 326 g/mol. The minimum Gasteiger partial charge on any atom is -0.331 e. The molecule has 1 atom stereocenters. The molecule has 6 heteroatoms. The van der Waals surface area contributed by atoms with Gasteiger partial charge in [-0.25, -0.2) is 9.18 Å². The lowest BCUT2D eigenvalue weighted by Gasteiger charge is -2.18. The highest BCUT2D eigenvalue weighted by molar-refractivity contribution is 6.31. The topological polar surface area (TPSA) is 41.1 Å². The van der Waals surface area contributed by atoms with E-state index >= 15 is 0 Å². The van der Waals surface area contributed by atoms with Gasteiger partial charge in [-0.15, -0.1) is 0 Å². The number of amides is 2. The summed E-state index contributed by atoms with van der Waals surface area (Å²) in [5.41, 5.74) is 1.38. The van der Waals surface area contributed by atoms with Crippen LogP contribution in [0, 0.1) is 5.82 Å². The average Bonchev–Trinajstić information content (AvgIpc) is 2.49. The molecule has 2 aromatic carbocycles. The van der Waals surface area contributed by atoms with Crippen LogP contribution >= 0.6 is 23.2 Å². The van der Waals surface area contributed by atoms with Crippen molar-refractivity contribution in [1.29, 1.82) is 0 Å². The number of carbonyl (C=O) groups is 1. The second-order valence-electron chi connectivity index (χ2n) is 4.74. The van der Waals surface area contributed by atoms with E-state index in [1.54, 1.807) is 12.1 Å². The number of hydrogen-bond donors (Lipinski definition) is 2. The fourth-order valence-electron chi connectivity index (χ4n) is 2.02. The van der Waals surface area contributed by atoms with Crippen molar-refractivity contribution in [2.75, 3.05) is 5.32 Å². The number of nitrogens with one attached hydrogen (secondary N) is 2. The molecule has 0 saturated heterocycles. The van der Waals surface area contributed by atoms with Gasteiger partial charge < -0.3 is 10.6 Å². The molecule has 0 aliphatic heterocycles. The van der Waals surface area contributed by atoms with Crippen LogP contribution in [0.1, 0.15) is 24.9 Å². The minimum absolute atomic E-state index is 0.0393. The average molecular weight is 341 g/mol. The smallest absolute Gasteiger partial charge is 0.319 e. The molecule has 0 saturated carbocycles. The van der Waals surface area contributed by atoms with E-state index in [1.165, 1.54) is 18.2 Å². The van der Waals surface area contributed by atoms with Gasteiger partial charge in [0.05, 0.1) is 11.1 Å². The third kappa shape index (κ3) is 4.36. The number of urea groups is 1. The molecule has 3 nitrogen and oxygen atoms in total.